The van der Waals surface area contributed by atoms with Crippen LogP contribution in [0.15, 0.2) is 12.1 Å². The van der Waals surface area contributed by atoms with Crippen LogP contribution in [0.5, 0.6) is 0 Å². The molecule has 6 heteroatoms. The number of benzene rings is 1. The number of halogens is 2. The molecule has 1 aliphatic heterocycles. The number of aromatic amines is 1. The van der Waals surface area contributed by atoms with Crippen LogP contribution in [0, 0.1) is 11.6 Å². The van der Waals surface area contributed by atoms with Crippen LogP contribution < -0.4 is 5.32 Å². The summed E-state index contributed by atoms with van der Waals surface area (Å²) < 4.78 is 32.1. The number of imidazole rings is 1. The van der Waals surface area contributed by atoms with Gasteiger partial charge in [0.25, 0.3) is 0 Å². The molecular formula is C12H13F2N3O. The predicted octanol–water partition coefficient (Wildman–Crippen LogP) is 1.37. The zero-order valence-electron chi connectivity index (χ0n) is 9.67. The molecule has 18 heavy (non-hydrogen) atoms. The van der Waals surface area contributed by atoms with Crippen molar-refractivity contribution in [2.75, 3.05) is 19.7 Å². The summed E-state index contributed by atoms with van der Waals surface area (Å²) >= 11 is 0. The van der Waals surface area contributed by atoms with E-state index in [0.717, 1.165) is 19.2 Å². The normalized spacial score (nSPS) is 20.4. The van der Waals surface area contributed by atoms with Crippen molar-refractivity contribution in [2.24, 2.45) is 0 Å². The van der Waals surface area contributed by atoms with Gasteiger partial charge in [-0.05, 0) is 12.1 Å². The third-order valence-electron chi connectivity index (χ3n) is 3.02. The van der Waals surface area contributed by atoms with Crippen LogP contribution in [-0.2, 0) is 11.2 Å². The molecule has 0 amide bonds. The number of aromatic nitrogens is 2. The fraction of sp³-hybridized carbons (Fsp3) is 0.417. The molecule has 1 unspecified atom stereocenters. The molecule has 0 saturated carbocycles. The van der Waals surface area contributed by atoms with Crippen molar-refractivity contribution in [3.05, 3.63) is 29.6 Å². The zero-order valence-corrected chi connectivity index (χ0v) is 9.67. The summed E-state index contributed by atoms with van der Waals surface area (Å²) in [6, 6.07) is 2.59. The average molecular weight is 253 g/mol. The molecule has 1 atom stereocenters. The Bertz CT molecular complexity index is 564. The number of hydrogen-bond acceptors (Lipinski definition) is 3. The number of ether oxygens (including phenoxy) is 1. The molecule has 1 fully saturated rings. The lowest BCUT2D eigenvalue weighted by Crippen LogP contribution is -2.39. The fourth-order valence-corrected chi connectivity index (χ4v) is 2.13. The molecule has 0 radical (unpaired) electrons. The minimum absolute atomic E-state index is 0.0206. The highest BCUT2D eigenvalue weighted by Gasteiger charge is 2.17. The van der Waals surface area contributed by atoms with Crippen molar-refractivity contribution >= 4 is 11.0 Å². The Labute approximate surface area is 102 Å². The van der Waals surface area contributed by atoms with Crippen LogP contribution >= 0.6 is 0 Å². The van der Waals surface area contributed by atoms with Crippen LogP contribution in [0.4, 0.5) is 8.78 Å². The minimum Gasteiger partial charge on any atom is -0.375 e. The van der Waals surface area contributed by atoms with Gasteiger partial charge in [-0.25, -0.2) is 13.8 Å². The maximum Gasteiger partial charge on any atom is 0.186 e. The van der Waals surface area contributed by atoms with Gasteiger partial charge in [0.05, 0.1) is 18.2 Å². The Morgan fingerprint density at radius 3 is 3.06 bits per heavy atom. The van der Waals surface area contributed by atoms with Crippen molar-refractivity contribution < 1.29 is 13.5 Å². The standard InChI is InChI=1S/C12H13F2N3O/c13-8-1-2-9-12(11(8)14)17-10(16-9)5-7-6-15-3-4-18-7/h1-2,7,15H,3-6H2,(H,16,17). The fourth-order valence-electron chi connectivity index (χ4n) is 2.13. The van der Waals surface area contributed by atoms with Crippen molar-refractivity contribution in [3.8, 4) is 0 Å². The second-order valence-electron chi connectivity index (χ2n) is 4.34. The third kappa shape index (κ3) is 2.09. The van der Waals surface area contributed by atoms with E-state index in [2.05, 4.69) is 15.3 Å². The number of rotatable bonds is 2. The molecule has 0 aliphatic carbocycles. The summed E-state index contributed by atoms with van der Waals surface area (Å²) in [5, 5.41) is 3.21. The van der Waals surface area contributed by atoms with Crippen LogP contribution in [-0.4, -0.2) is 35.8 Å². The second-order valence-corrected chi connectivity index (χ2v) is 4.34. The van der Waals surface area contributed by atoms with Crippen molar-refractivity contribution in [1.29, 1.82) is 0 Å². The first-order chi connectivity index (χ1) is 8.74. The number of nitrogens with zero attached hydrogens (tertiary/aromatic N) is 1. The lowest BCUT2D eigenvalue weighted by atomic mass is 10.2. The van der Waals surface area contributed by atoms with Crippen LogP contribution in [0.1, 0.15) is 5.82 Å². The maximum absolute atomic E-state index is 13.5. The summed E-state index contributed by atoms with van der Waals surface area (Å²) in [4.78, 5) is 7.07. The lowest BCUT2D eigenvalue weighted by molar-refractivity contribution is 0.0282. The number of hydrogen-bond donors (Lipinski definition) is 2. The van der Waals surface area contributed by atoms with Crippen molar-refractivity contribution in [2.45, 2.75) is 12.5 Å². The quantitative estimate of drug-likeness (QED) is 0.850. The Hall–Kier alpha value is -1.53. The minimum atomic E-state index is -0.905. The summed E-state index contributed by atoms with van der Waals surface area (Å²) in [6.07, 6.45) is 0.579. The average Bonchev–Trinajstić information content (AvgIpc) is 2.79. The molecular weight excluding hydrogens is 240 g/mol. The summed E-state index contributed by atoms with van der Waals surface area (Å²) in [5.41, 5.74) is 0.557. The van der Waals surface area contributed by atoms with Crippen molar-refractivity contribution in [3.63, 3.8) is 0 Å². The molecule has 4 nitrogen and oxygen atoms in total. The molecule has 1 aromatic carbocycles. The topological polar surface area (TPSA) is 49.9 Å². The van der Waals surface area contributed by atoms with Gasteiger partial charge in [0.15, 0.2) is 11.6 Å². The van der Waals surface area contributed by atoms with Gasteiger partial charge in [0.1, 0.15) is 11.3 Å². The Kier molecular flexibility index (Phi) is 2.97. The molecule has 2 N–H and O–H groups in total. The maximum atomic E-state index is 13.5. The van der Waals surface area contributed by atoms with Gasteiger partial charge >= 0.3 is 0 Å². The van der Waals surface area contributed by atoms with Crippen molar-refractivity contribution in [1.82, 2.24) is 15.3 Å². The molecule has 1 aliphatic rings. The van der Waals surface area contributed by atoms with E-state index in [0.29, 0.717) is 24.4 Å². The largest absolute Gasteiger partial charge is 0.375 e. The first-order valence-electron chi connectivity index (χ1n) is 5.89. The SMILES string of the molecule is Fc1ccc2[nH]c(CC3CNCCO3)nc2c1F. The highest BCUT2D eigenvalue weighted by molar-refractivity contribution is 5.75. The number of morpholine rings is 1. The molecule has 3 rings (SSSR count). The first kappa shape index (κ1) is 11.6. The number of fused-ring (bicyclic) bond motifs is 1. The Balaban J connectivity index is 1.86. The molecule has 0 spiro atoms. The summed E-state index contributed by atoms with van der Waals surface area (Å²) in [6.45, 7) is 2.25. The van der Waals surface area contributed by atoms with E-state index in [4.69, 9.17) is 4.74 Å². The van der Waals surface area contributed by atoms with E-state index in [9.17, 15) is 8.78 Å². The molecule has 2 aromatic rings. The van der Waals surface area contributed by atoms with E-state index in [-0.39, 0.29) is 11.6 Å². The monoisotopic (exact) mass is 253 g/mol. The molecule has 0 bridgehead atoms. The Morgan fingerprint density at radius 1 is 1.39 bits per heavy atom. The van der Waals surface area contributed by atoms with E-state index >= 15 is 0 Å². The molecule has 1 saturated heterocycles. The van der Waals surface area contributed by atoms with Crippen LogP contribution in [0.25, 0.3) is 11.0 Å². The zero-order chi connectivity index (χ0) is 12.5. The van der Waals surface area contributed by atoms with Gasteiger partial charge in [-0.2, -0.15) is 0 Å². The third-order valence-corrected chi connectivity index (χ3v) is 3.02. The Morgan fingerprint density at radius 2 is 2.28 bits per heavy atom. The first-order valence-corrected chi connectivity index (χ1v) is 5.89. The summed E-state index contributed by atoms with van der Waals surface area (Å²) in [5.74, 6) is -1.17. The highest BCUT2D eigenvalue weighted by atomic mass is 19.2. The smallest absolute Gasteiger partial charge is 0.186 e. The van der Waals surface area contributed by atoms with Gasteiger partial charge in [0.2, 0.25) is 0 Å². The van der Waals surface area contributed by atoms with Gasteiger partial charge in [-0.1, -0.05) is 0 Å². The molecule has 1 aromatic heterocycles. The van der Waals surface area contributed by atoms with E-state index < -0.39 is 11.6 Å². The van der Waals surface area contributed by atoms with Gasteiger partial charge in [-0.3, -0.25) is 0 Å². The van der Waals surface area contributed by atoms with E-state index in [1.165, 1.54) is 6.07 Å². The molecule has 96 valence electrons. The molecule has 2 heterocycles. The summed E-state index contributed by atoms with van der Waals surface area (Å²) in [7, 11) is 0. The van der Waals surface area contributed by atoms with E-state index in [1.807, 2.05) is 0 Å². The highest BCUT2D eigenvalue weighted by Crippen LogP contribution is 2.19. The van der Waals surface area contributed by atoms with Gasteiger partial charge in [0, 0.05) is 19.5 Å². The van der Waals surface area contributed by atoms with Crippen LogP contribution in [0.2, 0.25) is 0 Å². The van der Waals surface area contributed by atoms with Gasteiger partial charge in [-0.15, -0.1) is 0 Å². The predicted molar refractivity (Wildman–Crippen MR) is 62.3 cm³/mol. The van der Waals surface area contributed by atoms with E-state index in [1.54, 1.807) is 0 Å². The number of H-pyrrole nitrogens is 1. The number of nitrogens with one attached hydrogen (secondary N) is 2. The lowest BCUT2D eigenvalue weighted by Gasteiger charge is -2.22. The second kappa shape index (κ2) is 4.62. The van der Waals surface area contributed by atoms with Crippen LogP contribution in [0.3, 0.4) is 0 Å². The van der Waals surface area contributed by atoms with Gasteiger partial charge < -0.3 is 15.0 Å².